The quantitative estimate of drug-likeness (QED) is 0.850. The molecular formula is C14H19N3O. The van der Waals surface area contributed by atoms with Gasteiger partial charge >= 0.3 is 6.03 Å². The summed E-state index contributed by atoms with van der Waals surface area (Å²) in [6.45, 7) is 2.53. The van der Waals surface area contributed by atoms with Crippen molar-refractivity contribution in [1.29, 1.82) is 0 Å². The van der Waals surface area contributed by atoms with Crippen LogP contribution in [0.15, 0.2) is 24.3 Å². The molecule has 0 atom stereocenters. The van der Waals surface area contributed by atoms with Crippen LogP contribution in [0.2, 0.25) is 0 Å². The molecule has 1 saturated heterocycles. The van der Waals surface area contributed by atoms with Crippen molar-refractivity contribution in [3.63, 3.8) is 0 Å². The third kappa shape index (κ3) is 2.64. The van der Waals surface area contributed by atoms with Crippen molar-refractivity contribution in [2.75, 3.05) is 18.0 Å². The third-order valence-electron chi connectivity index (χ3n) is 3.50. The number of nitrogens with one attached hydrogen (secondary N) is 2. The highest BCUT2D eigenvalue weighted by molar-refractivity contribution is 5.92. The molecule has 1 aliphatic carbocycles. The minimum absolute atomic E-state index is 0.0186. The summed E-state index contributed by atoms with van der Waals surface area (Å²) in [5.74, 6) is 0. The van der Waals surface area contributed by atoms with E-state index in [0.717, 1.165) is 37.8 Å². The number of urea groups is 1. The normalized spacial score (nSPS) is 19.8. The Balaban J connectivity index is 1.63. The van der Waals surface area contributed by atoms with Gasteiger partial charge in [0.2, 0.25) is 0 Å². The highest BCUT2D eigenvalue weighted by Gasteiger charge is 2.20. The van der Waals surface area contributed by atoms with Gasteiger partial charge in [0.15, 0.2) is 0 Å². The average Bonchev–Trinajstić information content (AvgIpc) is 3.22. The van der Waals surface area contributed by atoms with Crippen LogP contribution in [0, 0.1) is 0 Å². The summed E-state index contributed by atoms with van der Waals surface area (Å²) in [6, 6.07) is 9.03. The minimum atomic E-state index is 0.0186. The van der Waals surface area contributed by atoms with Crippen molar-refractivity contribution in [2.45, 2.75) is 31.8 Å². The first-order chi connectivity index (χ1) is 8.83. The third-order valence-corrected chi connectivity index (χ3v) is 3.50. The molecule has 3 rings (SSSR count). The van der Waals surface area contributed by atoms with Crippen LogP contribution in [-0.4, -0.2) is 25.2 Å². The van der Waals surface area contributed by atoms with E-state index in [1.165, 1.54) is 18.4 Å². The van der Waals surface area contributed by atoms with Gasteiger partial charge in [-0.2, -0.15) is 0 Å². The van der Waals surface area contributed by atoms with Crippen molar-refractivity contribution in [1.82, 2.24) is 10.6 Å². The Hall–Kier alpha value is -1.55. The number of amides is 2. The van der Waals surface area contributed by atoms with Gasteiger partial charge in [-0.3, -0.25) is 4.90 Å². The maximum absolute atomic E-state index is 11.7. The van der Waals surface area contributed by atoms with Crippen molar-refractivity contribution < 1.29 is 4.79 Å². The van der Waals surface area contributed by atoms with Crippen LogP contribution in [0.25, 0.3) is 0 Å². The average molecular weight is 245 g/mol. The van der Waals surface area contributed by atoms with Gasteiger partial charge in [-0.05, 0) is 37.0 Å². The van der Waals surface area contributed by atoms with E-state index in [-0.39, 0.29) is 6.03 Å². The number of carbonyl (C=O) groups excluding carboxylic acids is 1. The number of benzene rings is 1. The van der Waals surface area contributed by atoms with E-state index in [1.54, 1.807) is 0 Å². The SMILES string of the molecule is O=C1NCCCN1c1ccc(CNC2CC2)cc1. The summed E-state index contributed by atoms with van der Waals surface area (Å²) in [5, 5.41) is 6.36. The highest BCUT2D eigenvalue weighted by Crippen LogP contribution is 2.21. The largest absolute Gasteiger partial charge is 0.338 e. The predicted molar refractivity (Wildman–Crippen MR) is 71.7 cm³/mol. The van der Waals surface area contributed by atoms with Gasteiger partial charge in [0, 0.05) is 31.4 Å². The lowest BCUT2D eigenvalue weighted by Gasteiger charge is -2.27. The molecule has 1 aromatic rings. The Kier molecular flexibility index (Phi) is 3.19. The van der Waals surface area contributed by atoms with Crippen LogP contribution < -0.4 is 15.5 Å². The van der Waals surface area contributed by atoms with E-state index in [0.29, 0.717) is 0 Å². The Bertz CT molecular complexity index is 425. The molecular weight excluding hydrogens is 226 g/mol. The molecule has 0 radical (unpaired) electrons. The Morgan fingerprint density at radius 2 is 2.06 bits per heavy atom. The standard InChI is InChI=1S/C14H19N3O/c18-14-15-8-1-9-17(14)13-6-2-11(3-7-13)10-16-12-4-5-12/h2-3,6-7,12,16H,1,4-5,8-10H2,(H,15,18). The molecule has 2 aliphatic rings. The fourth-order valence-corrected chi connectivity index (χ4v) is 2.22. The van der Waals surface area contributed by atoms with Crippen LogP contribution in [0.4, 0.5) is 10.5 Å². The number of hydrogen-bond donors (Lipinski definition) is 2. The Labute approximate surface area is 107 Å². The first-order valence-electron chi connectivity index (χ1n) is 6.70. The van der Waals surface area contributed by atoms with Crippen molar-refractivity contribution in [3.8, 4) is 0 Å². The molecule has 2 N–H and O–H groups in total. The molecule has 96 valence electrons. The lowest BCUT2D eigenvalue weighted by Crippen LogP contribution is -2.46. The zero-order valence-corrected chi connectivity index (χ0v) is 10.5. The van der Waals surface area contributed by atoms with Crippen LogP contribution >= 0.6 is 0 Å². The molecule has 18 heavy (non-hydrogen) atoms. The van der Waals surface area contributed by atoms with Crippen molar-refractivity contribution in [3.05, 3.63) is 29.8 Å². The maximum Gasteiger partial charge on any atom is 0.321 e. The molecule has 0 aromatic heterocycles. The van der Waals surface area contributed by atoms with Gasteiger partial charge in [0.05, 0.1) is 0 Å². The molecule has 1 saturated carbocycles. The second-order valence-corrected chi connectivity index (χ2v) is 5.06. The number of rotatable bonds is 4. The summed E-state index contributed by atoms with van der Waals surface area (Å²) >= 11 is 0. The molecule has 1 heterocycles. The summed E-state index contributed by atoms with van der Waals surface area (Å²) in [6.07, 6.45) is 3.63. The van der Waals surface area contributed by atoms with Crippen molar-refractivity contribution in [2.24, 2.45) is 0 Å². The molecule has 4 heteroatoms. The van der Waals surface area contributed by atoms with E-state index in [4.69, 9.17) is 0 Å². The van der Waals surface area contributed by atoms with E-state index < -0.39 is 0 Å². The Morgan fingerprint density at radius 1 is 1.28 bits per heavy atom. The summed E-state index contributed by atoms with van der Waals surface area (Å²) in [5.41, 5.74) is 2.27. The van der Waals surface area contributed by atoms with E-state index in [1.807, 2.05) is 17.0 Å². The maximum atomic E-state index is 11.7. The molecule has 2 amide bonds. The number of carbonyl (C=O) groups is 1. The molecule has 1 aliphatic heterocycles. The van der Waals surface area contributed by atoms with Gasteiger partial charge in [-0.15, -0.1) is 0 Å². The van der Waals surface area contributed by atoms with Crippen molar-refractivity contribution >= 4 is 11.7 Å². The minimum Gasteiger partial charge on any atom is -0.338 e. The fourth-order valence-electron chi connectivity index (χ4n) is 2.22. The van der Waals surface area contributed by atoms with Gasteiger partial charge in [-0.1, -0.05) is 12.1 Å². The summed E-state index contributed by atoms with van der Waals surface area (Å²) in [7, 11) is 0. The van der Waals surface area contributed by atoms with Gasteiger partial charge in [-0.25, -0.2) is 4.79 Å². The molecule has 4 nitrogen and oxygen atoms in total. The second kappa shape index (κ2) is 4.98. The fraction of sp³-hybridized carbons (Fsp3) is 0.500. The highest BCUT2D eigenvalue weighted by atomic mass is 16.2. The van der Waals surface area contributed by atoms with E-state index in [9.17, 15) is 4.79 Å². The lowest BCUT2D eigenvalue weighted by molar-refractivity contribution is 0.243. The monoisotopic (exact) mass is 245 g/mol. The first kappa shape index (κ1) is 11.5. The number of hydrogen-bond acceptors (Lipinski definition) is 2. The zero-order chi connectivity index (χ0) is 12.4. The van der Waals surface area contributed by atoms with Gasteiger partial charge in [0.25, 0.3) is 0 Å². The van der Waals surface area contributed by atoms with Crippen LogP contribution in [0.5, 0.6) is 0 Å². The Morgan fingerprint density at radius 3 is 2.72 bits per heavy atom. The van der Waals surface area contributed by atoms with E-state index in [2.05, 4.69) is 22.8 Å². The zero-order valence-electron chi connectivity index (χ0n) is 10.5. The van der Waals surface area contributed by atoms with Gasteiger partial charge < -0.3 is 10.6 Å². The van der Waals surface area contributed by atoms with Crippen LogP contribution in [-0.2, 0) is 6.54 Å². The molecule has 0 bridgehead atoms. The van der Waals surface area contributed by atoms with Crippen LogP contribution in [0.3, 0.4) is 0 Å². The van der Waals surface area contributed by atoms with E-state index >= 15 is 0 Å². The van der Waals surface area contributed by atoms with Gasteiger partial charge in [0.1, 0.15) is 0 Å². The molecule has 2 fully saturated rings. The summed E-state index contributed by atoms with van der Waals surface area (Å²) < 4.78 is 0. The van der Waals surface area contributed by atoms with Crippen LogP contribution in [0.1, 0.15) is 24.8 Å². The summed E-state index contributed by atoms with van der Waals surface area (Å²) in [4.78, 5) is 13.5. The lowest BCUT2D eigenvalue weighted by atomic mass is 10.2. The second-order valence-electron chi connectivity index (χ2n) is 5.06. The molecule has 0 unspecified atom stereocenters. The predicted octanol–water partition coefficient (Wildman–Crippen LogP) is 1.86. The smallest absolute Gasteiger partial charge is 0.321 e. The first-order valence-corrected chi connectivity index (χ1v) is 6.70. The molecule has 0 spiro atoms. The number of nitrogens with zero attached hydrogens (tertiary/aromatic N) is 1. The topological polar surface area (TPSA) is 44.4 Å². The molecule has 1 aromatic carbocycles. The number of anilines is 1.